The molecule has 0 bridgehead atoms. The summed E-state index contributed by atoms with van der Waals surface area (Å²) in [6, 6.07) is 3.42. The fourth-order valence-electron chi connectivity index (χ4n) is 1.68. The van der Waals surface area contributed by atoms with E-state index in [1.165, 1.54) is 21.3 Å². The smallest absolute Gasteiger partial charge is 0.224 e. The number of methoxy groups -OCH3 is 3. The second-order valence-electron chi connectivity index (χ2n) is 3.82. The van der Waals surface area contributed by atoms with E-state index in [0.29, 0.717) is 42.3 Å². The van der Waals surface area contributed by atoms with Gasteiger partial charge in [-0.2, -0.15) is 0 Å². The summed E-state index contributed by atoms with van der Waals surface area (Å²) >= 11 is 0. The topological polar surface area (TPSA) is 82.8 Å². The summed E-state index contributed by atoms with van der Waals surface area (Å²) in [5, 5.41) is 2.77. The second kappa shape index (κ2) is 9.28. The van der Waals surface area contributed by atoms with Crippen molar-refractivity contribution in [2.45, 2.75) is 12.8 Å². The number of ether oxygens (including phenoxy) is 3. The SMILES string of the molecule is COc1ccc(NC(=O)CCCN)c(OC)c1OC.Cl. The largest absolute Gasteiger partial charge is 0.493 e. The molecule has 0 aromatic heterocycles. The molecule has 7 heteroatoms. The van der Waals surface area contributed by atoms with Crippen molar-refractivity contribution in [3.63, 3.8) is 0 Å². The number of hydrogen-bond donors (Lipinski definition) is 2. The van der Waals surface area contributed by atoms with E-state index >= 15 is 0 Å². The summed E-state index contributed by atoms with van der Waals surface area (Å²) in [7, 11) is 4.56. The zero-order valence-electron chi connectivity index (χ0n) is 11.9. The quantitative estimate of drug-likeness (QED) is 0.803. The van der Waals surface area contributed by atoms with Crippen LogP contribution in [0.2, 0.25) is 0 Å². The molecule has 114 valence electrons. The first-order valence-corrected chi connectivity index (χ1v) is 5.96. The molecule has 1 aromatic carbocycles. The number of carbonyl (C=O) groups excluding carboxylic acids is 1. The first-order chi connectivity index (χ1) is 9.17. The highest BCUT2D eigenvalue weighted by Gasteiger charge is 2.17. The Bertz CT molecular complexity index is 441. The molecule has 0 spiro atoms. The first-order valence-electron chi connectivity index (χ1n) is 5.96. The minimum atomic E-state index is -0.115. The van der Waals surface area contributed by atoms with E-state index in [9.17, 15) is 4.79 Å². The molecule has 1 aromatic rings. The maximum absolute atomic E-state index is 11.7. The van der Waals surface area contributed by atoms with Crippen LogP contribution in [-0.4, -0.2) is 33.8 Å². The van der Waals surface area contributed by atoms with Gasteiger partial charge in [0, 0.05) is 6.42 Å². The van der Waals surface area contributed by atoms with Crippen molar-refractivity contribution in [2.75, 3.05) is 33.2 Å². The molecule has 0 atom stereocenters. The molecule has 1 rings (SSSR count). The number of anilines is 1. The Labute approximate surface area is 125 Å². The average Bonchev–Trinajstić information content (AvgIpc) is 2.44. The minimum absolute atomic E-state index is 0. The third kappa shape index (κ3) is 4.47. The summed E-state index contributed by atoms with van der Waals surface area (Å²) in [6.45, 7) is 0.483. The van der Waals surface area contributed by atoms with Crippen LogP contribution >= 0.6 is 12.4 Å². The van der Waals surface area contributed by atoms with Crippen molar-refractivity contribution in [3.05, 3.63) is 12.1 Å². The Morgan fingerprint density at radius 1 is 1.15 bits per heavy atom. The van der Waals surface area contributed by atoms with E-state index in [2.05, 4.69) is 5.32 Å². The van der Waals surface area contributed by atoms with Crippen molar-refractivity contribution in [3.8, 4) is 17.2 Å². The lowest BCUT2D eigenvalue weighted by atomic mass is 10.2. The maximum Gasteiger partial charge on any atom is 0.224 e. The standard InChI is InChI=1S/C13H20N2O4.ClH/c1-17-10-7-6-9(12(18-2)13(10)19-3)15-11(16)5-4-8-14;/h6-7H,4-5,8,14H2,1-3H3,(H,15,16);1H. The molecule has 0 aliphatic rings. The molecule has 3 N–H and O–H groups in total. The number of rotatable bonds is 7. The predicted molar refractivity (Wildman–Crippen MR) is 80.3 cm³/mol. The molecule has 6 nitrogen and oxygen atoms in total. The molecule has 1 amide bonds. The molecular weight excluding hydrogens is 284 g/mol. The Kier molecular flexibility index (Phi) is 8.51. The third-order valence-electron chi connectivity index (χ3n) is 2.59. The van der Waals surface area contributed by atoms with E-state index in [0.717, 1.165) is 0 Å². The Balaban J connectivity index is 0.00000361. The Hall–Kier alpha value is -1.66. The summed E-state index contributed by atoms with van der Waals surface area (Å²) < 4.78 is 15.7. The van der Waals surface area contributed by atoms with Crippen molar-refractivity contribution in [2.24, 2.45) is 5.73 Å². The van der Waals surface area contributed by atoms with E-state index < -0.39 is 0 Å². The molecule has 0 radical (unpaired) electrons. The van der Waals surface area contributed by atoms with Crippen LogP contribution in [0.3, 0.4) is 0 Å². The van der Waals surface area contributed by atoms with Crippen LogP contribution in [0.5, 0.6) is 17.2 Å². The van der Waals surface area contributed by atoms with Crippen LogP contribution in [0.1, 0.15) is 12.8 Å². The van der Waals surface area contributed by atoms with Crippen molar-refractivity contribution >= 4 is 24.0 Å². The lowest BCUT2D eigenvalue weighted by Gasteiger charge is -2.16. The lowest BCUT2D eigenvalue weighted by Crippen LogP contribution is -2.14. The van der Waals surface area contributed by atoms with Gasteiger partial charge in [-0.3, -0.25) is 4.79 Å². The number of benzene rings is 1. The molecule has 0 saturated heterocycles. The summed E-state index contributed by atoms with van der Waals surface area (Å²) in [4.78, 5) is 11.7. The minimum Gasteiger partial charge on any atom is -0.493 e. The highest BCUT2D eigenvalue weighted by molar-refractivity contribution is 5.93. The van der Waals surface area contributed by atoms with Gasteiger partial charge >= 0.3 is 0 Å². The number of hydrogen-bond acceptors (Lipinski definition) is 5. The first kappa shape index (κ1) is 18.3. The van der Waals surface area contributed by atoms with Gasteiger partial charge in [0.25, 0.3) is 0 Å². The lowest BCUT2D eigenvalue weighted by molar-refractivity contribution is -0.116. The van der Waals surface area contributed by atoms with Gasteiger partial charge in [-0.1, -0.05) is 0 Å². The molecular formula is C13H21ClN2O4. The molecule has 0 unspecified atom stereocenters. The van der Waals surface area contributed by atoms with Gasteiger partial charge in [0.2, 0.25) is 11.7 Å². The molecule has 0 aliphatic heterocycles. The summed E-state index contributed by atoms with van der Waals surface area (Å²) in [5.74, 6) is 1.31. The van der Waals surface area contributed by atoms with E-state index in [1.807, 2.05) is 0 Å². The van der Waals surface area contributed by atoms with Crippen molar-refractivity contribution in [1.29, 1.82) is 0 Å². The van der Waals surface area contributed by atoms with Gasteiger partial charge in [-0.25, -0.2) is 0 Å². The highest BCUT2D eigenvalue weighted by atomic mass is 35.5. The van der Waals surface area contributed by atoms with E-state index in [1.54, 1.807) is 12.1 Å². The number of amides is 1. The van der Waals surface area contributed by atoms with Crippen LogP contribution < -0.4 is 25.3 Å². The van der Waals surface area contributed by atoms with Gasteiger partial charge < -0.3 is 25.3 Å². The van der Waals surface area contributed by atoms with Crippen molar-refractivity contribution in [1.82, 2.24) is 0 Å². The Morgan fingerprint density at radius 2 is 1.80 bits per heavy atom. The fourth-order valence-corrected chi connectivity index (χ4v) is 1.68. The second-order valence-corrected chi connectivity index (χ2v) is 3.82. The van der Waals surface area contributed by atoms with Crippen molar-refractivity contribution < 1.29 is 19.0 Å². The van der Waals surface area contributed by atoms with Gasteiger partial charge in [-0.05, 0) is 25.1 Å². The zero-order valence-corrected chi connectivity index (χ0v) is 12.7. The maximum atomic E-state index is 11.7. The van der Waals surface area contributed by atoms with Crippen LogP contribution in [-0.2, 0) is 4.79 Å². The van der Waals surface area contributed by atoms with Gasteiger partial charge in [0.05, 0.1) is 27.0 Å². The van der Waals surface area contributed by atoms with Crippen LogP contribution in [0, 0.1) is 0 Å². The Morgan fingerprint density at radius 3 is 2.30 bits per heavy atom. The van der Waals surface area contributed by atoms with Crippen LogP contribution in [0.25, 0.3) is 0 Å². The number of nitrogens with two attached hydrogens (primary N) is 1. The van der Waals surface area contributed by atoms with Crippen LogP contribution in [0.4, 0.5) is 5.69 Å². The monoisotopic (exact) mass is 304 g/mol. The summed E-state index contributed by atoms with van der Waals surface area (Å²) in [6.07, 6.45) is 1.01. The van der Waals surface area contributed by atoms with Crippen LogP contribution in [0.15, 0.2) is 12.1 Å². The average molecular weight is 305 g/mol. The molecule has 0 fully saturated rings. The number of carbonyl (C=O) groups is 1. The number of halogens is 1. The normalized spacial score (nSPS) is 9.40. The van der Waals surface area contributed by atoms with E-state index in [4.69, 9.17) is 19.9 Å². The third-order valence-corrected chi connectivity index (χ3v) is 2.59. The zero-order chi connectivity index (χ0) is 14.3. The molecule has 0 saturated carbocycles. The van der Waals surface area contributed by atoms with Gasteiger partial charge in [-0.15, -0.1) is 12.4 Å². The number of nitrogens with one attached hydrogen (secondary N) is 1. The highest BCUT2D eigenvalue weighted by Crippen LogP contribution is 2.42. The van der Waals surface area contributed by atoms with Gasteiger partial charge in [0.15, 0.2) is 11.5 Å². The predicted octanol–water partition coefficient (Wildman–Crippen LogP) is 1.81. The van der Waals surface area contributed by atoms with E-state index in [-0.39, 0.29) is 18.3 Å². The fraction of sp³-hybridized carbons (Fsp3) is 0.462. The molecule has 20 heavy (non-hydrogen) atoms. The molecule has 0 heterocycles. The molecule has 0 aliphatic carbocycles. The summed E-state index contributed by atoms with van der Waals surface area (Å²) in [5.41, 5.74) is 5.91. The van der Waals surface area contributed by atoms with Gasteiger partial charge in [0.1, 0.15) is 0 Å².